The molecule has 4 rings (SSSR count). The van der Waals surface area contributed by atoms with Crippen molar-refractivity contribution in [1.82, 2.24) is 4.90 Å². The first-order chi connectivity index (χ1) is 14.6. The smallest absolute Gasteiger partial charge is 0.289 e. The molecule has 0 saturated carbocycles. The number of amides is 1. The SMILES string of the molecule is COc1ccccc1C1=NO[C@H](CN(Cc2cccc(F)c2)C(=O)c2ccco2)C1. The maximum absolute atomic E-state index is 13.6. The minimum absolute atomic E-state index is 0.218. The molecule has 0 radical (unpaired) electrons. The van der Waals surface area contributed by atoms with E-state index in [4.69, 9.17) is 14.0 Å². The number of rotatable bonds is 7. The Bertz CT molecular complexity index is 1050. The Morgan fingerprint density at radius 2 is 2.07 bits per heavy atom. The summed E-state index contributed by atoms with van der Waals surface area (Å²) in [6.07, 6.45) is 1.63. The predicted molar refractivity (Wildman–Crippen MR) is 109 cm³/mol. The summed E-state index contributed by atoms with van der Waals surface area (Å²) in [4.78, 5) is 20.2. The highest BCUT2D eigenvalue weighted by molar-refractivity contribution is 6.03. The summed E-state index contributed by atoms with van der Waals surface area (Å²) in [7, 11) is 1.61. The lowest BCUT2D eigenvalue weighted by Gasteiger charge is -2.24. The number of furan rings is 1. The van der Waals surface area contributed by atoms with Crippen molar-refractivity contribution in [2.24, 2.45) is 5.16 Å². The van der Waals surface area contributed by atoms with Gasteiger partial charge >= 0.3 is 0 Å². The number of benzene rings is 2. The molecule has 7 heteroatoms. The summed E-state index contributed by atoms with van der Waals surface area (Å²) >= 11 is 0. The minimum atomic E-state index is -0.350. The third kappa shape index (κ3) is 4.35. The van der Waals surface area contributed by atoms with Gasteiger partial charge in [-0.05, 0) is 42.0 Å². The van der Waals surface area contributed by atoms with E-state index in [0.717, 1.165) is 11.3 Å². The Balaban J connectivity index is 1.50. The molecule has 1 aliphatic heterocycles. The fourth-order valence-corrected chi connectivity index (χ4v) is 3.45. The van der Waals surface area contributed by atoms with E-state index >= 15 is 0 Å². The Kier molecular flexibility index (Phi) is 5.79. The van der Waals surface area contributed by atoms with Gasteiger partial charge < -0.3 is 18.9 Å². The van der Waals surface area contributed by atoms with Gasteiger partial charge in [0.15, 0.2) is 11.9 Å². The second-order valence-corrected chi connectivity index (χ2v) is 6.96. The van der Waals surface area contributed by atoms with E-state index in [1.54, 1.807) is 36.3 Å². The van der Waals surface area contributed by atoms with E-state index in [0.29, 0.717) is 17.7 Å². The predicted octanol–water partition coefficient (Wildman–Crippen LogP) is 4.26. The van der Waals surface area contributed by atoms with E-state index in [1.165, 1.54) is 18.4 Å². The van der Waals surface area contributed by atoms with Gasteiger partial charge in [-0.25, -0.2) is 4.39 Å². The van der Waals surface area contributed by atoms with Crippen molar-refractivity contribution >= 4 is 11.6 Å². The van der Waals surface area contributed by atoms with Crippen molar-refractivity contribution in [3.05, 3.63) is 89.6 Å². The van der Waals surface area contributed by atoms with Gasteiger partial charge in [-0.15, -0.1) is 0 Å². The standard InChI is InChI=1S/C23H21FN2O4/c1-28-21-9-3-2-8-19(21)20-13-18(30-25-20)15-26(23(27)22-10-5-11-29-22)14-16-6-4-7-17(24)12-16/h2-12,18H,13-15H2,1H3/t18-/m0/s1. The molecule has 0 spiro atoms. The van der Waals surface area contributed by atoms with E-state index in [1.807, 2.05) is 24.3 Å². The molecular formula is C23H21FN2O4. The van der Waals surface area contributed by atoms with E-state index < -0.39 is 0 Å². The lowest BCUT2D eigenvalue weighted by Crippen LogP contribution is -2.37. The average molecular weight is 408 g/mol. The molecule has 0 saturated heterocycles. The summed E-state index contributed by atoms with van der Waals surface area (Å²) in [5.41, 5.74) is 2.30. The fraction of sp³-hybridized carbons (Fsp3) is 0.217. The minimum Gasteiger partial charge on any atom is -0.496 e. The van der Waals surface area contributed by atoms with Crippen LogP contribution in [0.1, 0.15) is 28.1 Å². The second kappa shape index (κ2) is 8.82. The quantitative estimate of drug-likeness (QED) is 0.586. The molecule has 1 atom stereocenters. The molecule has 6 nitrogen and oxygen atoms in total. The highest BCUT2D eigenvalue weighted by atomic mass is 19.1. The van der Waals surface area contributed by atoms with Gasteiger partial charge in [0, 0.05) is 18.5 Å². The molecule has 30 heavy (non-hydrogen) atoms. The van der Waals surface area contributed by atoms with E-state index in [9.17, 15) is 9.18 Å². The van der Waals surface area contributed by atoms with Crippen LogP contribution in [0.25, 0.3) is 0 Å². The molecule has 0 N–H and O–H groups in total. The molecule has 3 aromatic rings. The highest BCUT2D eigenvalue weighted by Gasteiger charge is 2.29. The number of nitrogens with zero attached hydrogens (tertiary/aromatic N) is 2. The second-order valence-electron chi connectivity index (χ2n) is 6.96. The van der Waals surface area contributed by atoms with Crippen LogP contribution in [0.5, 0.6) is 5.75 Å². The Morgan fingerprint density at radius 3 is 2.83 bits per heavy atom. The van der Waals surface area contributed by atoms with Gasteiger partial charge in [-0.1, -0.05) is 29.4 Å². The molecule has 2 aromatic carbocycles. The summed E-state index contributed by atoms with van der Waals surface area (Å²) in [5.74, 6) is 0.287. The van der Waals surface area contributed by atoms with Gasteiger partial charge in [-0.2, -0.15) is 0 Å². The van der Waals surface area contributed by atoms with Crippen LogP contribution in [0.2, 0.25) is 0 Å². The van der Waals surface area contributed by atoms with E-state index in [2.05, 4.69) is 5.16 Å². The number of halogens is 1. The molecule has 0 unspecified atom stereocenters. The summed E-state index contributed by atoms with van der Waals surface area (Å²) in [6, 6.07) is 17.0. The van der Waals surface area contributed by atoms with Gasteiger partial charge in [-0.3, -0.25) is 4.79 Å². The topological polar surface area (TPSA) is 64.3 Å². The Morgan fingerprint density at radius 1 is 1.20 bits per heavy atom. The first kappa shape index (κ1) is 19.7. The van der Waals surface area contributed by atoms with Crippen LogP contribution in [0.15, 0.2) is 76.5 Å². The number of hydrogen-bond acceptors (Lipinski definition) is 5. The van der Waals surface area contributed by atoms with Crippen LogP contribution in [0.4, 0.5) is 4.39 Å². The summed E-state index contributed by atoms with van der Waals surface area (Å²) in [6.45, 7) is 0.499. The number of ether oxygens (including phenoxy) is 1. The van der Waals surface area contributed by atoms with Crippen molar-refractivity contribution in [2.75, 3.05) is 13.7 Å². The van der Waals surface area contributed by atoms with Gasteiger partial charge in [0.05, 0.1) is 25.6 Å². The maximum Gasteiger partial charge on any atom is 0.289 e. The van der Waals surface area contributed by atoms with Crippen LogP contribution in [-0.4, -0.2) is 36.3 Å². The average Bonchev–Trinajstić information content (AvgIpc) is 3.45. The van der Waals surface area contributed by atoms with Crippen molar-refractivity contribution in [1.29, 1.82) is 0 Å². The molecule has 1 amide bonds. The van der Waals surface area contributed by atoms with Crippen LogP contribution >= 0.6 is 0 Å². The third-order valence-electron chi connectivity index (χ3n) is 4.86. The zero-order valence-electron chi connectivity index (χ0n) is 16.5. The highest BCUT2D eigenvalue weighted by Crippen LogP contribution is 2.25. The zero-order valence-corrected chi connectivity index (χ0v) is 16.5. The van der Waals surface area contributed by atoms with Crippen molar-refractivity contribution < 1.29 is 23.2 Å². The molecule has 1 aliphatic rings. The lowest BCUT2D eigenvalue weighted by molar-refractivity contribution is 0.0387. The number of carbonyl (C=O) groups excluding carboxylic acids is 1. The van der Waals surface area contributed by atoms with Crippen molar-refractivity contribution in [3.8, 4) is 5.75 Å². The lowest BCUT2D eigenvalue weighted by atomic mass is 10.0. The summed E-state index contributed by atoms with van der Waals surface area (Å²) < 4.78 is 24.3. The first-order valence-electron chi connectivity index (χ1n) is 9.57. The summed E-state index contributed by atoms with van der Waals surface area (Å²) in [5, 5.41) is 4.21. The molecular weight excluding hydrogens is 387 g/mol. The zero-order chi connectivity index (χ0) is 20.9. The Hall–Kier alpha value is -3.61. The van der Waals surface area contributed by atoms with E-state index in [-0.39, 0.29) is 36.7 Å². The molecule has 154 valence electrons. The van der Waals surface area contributed by atoms with Crippen LogP contribution < -0.4 is 4.74 Å². The number of oxime groups is 1. The van der Waals surface area contributed by atoms with Gasteiger partial charge in [0.25, 0.3) is 5.91 Å². The van der Waals surface area contributed by atoms with Crippen molar-refractivity contribution in [2.45, 2.75) is 19.1 Å². The first-order valence-corrected chi connectivity index (χ1v) is 9.57. The number of carbonyl (C=O) groups is 1. The molecule has 1 aromatic heterocycles. The normalized spacial score (nSPS) is 15.4. The molecule has 0 bridgehead atoms. The maximum atomic E-state index is 13.6. The fourth-order valence-electron chi connectivity index (χ4n) is 3.45. The number of hydrogen-bond donors (Lipinski definition) is 0. The van der Waals surface area contributed by atoms with Crippen LogP contribution in [0, 0.1) is 5.82 Å². The van der Waals surface area contributed by atoms with Crippen molar-refractivity contribution in [3.63, 3.8) is 0 Å². The molecule has 2 heterocycles. The molecule has 0 fully saturated rings. The third-order valence-corrected chi connectivity index (χ3v) is 4.86. The van der Waals surface area contributed by atoms with Gasteiger partial charge in [0.1, 0.15) is 11.6 Å². The van der Waals surface area contributed by atoms with Crippen LogP contribution in [-0.2, 0) is 11.4 Å². The van der Waals surface area contributed by atoms with Crippen LogP contribution in [0.3, 0.4) is 0 Å². The monoisotopic (exact) mass is 408 g/mol. The number of para-hydroxylation sites is 1. The largest absolute Gasteiger partial charge is 0.496 e. The van der Waals surface area contributed by atoms with Gasteiger partial charge in [0.2, 0.25) is 0 Å². The molecule has 0 aliphatic carbocycles. The number of methoxy groups -OCH3 is 1. The Labute approximate surface area is 173 Å².